The second-order valence-electron chi connectivity index (χ2n) is 4.13. The molecule has 0 saturated heterocycles. The van der Waals surface area contributed by atoms with Crippen molar-refractivity contribution in [1.82, 2.24) is 0 Å². The first kappa shape index (κ1) is 13.5. The van der Waals surface area contributed by atoms with Gasteiger partial charge in [0.1, 0.15) is 0 Å². The molecule has 1 aromatic rings. The molecule has 0 aromatic heterocycles. The number of hydrogen-bond acceptors (Lipinski definition) is 3. The van der Waals surface area contributed by atoms with Gasteiger partial charge < -0.3 is 15.2 Å². The van der Waals surface area contributed by atoms with Crippen LogP contribution in [-0.2, 0) is 4.74 Å². The highest BCUT2D eigenvalue weighted by Gasteiger charge is 2.13. The topological polar surface area (TPSA) is 58.6 Å². The number of methoxy groups -OCH3 is 1. The Morgan fingerprint density at radius 3 is 2.82 bits per heavy atom. The Hall–Kier alpha value is -1.55. The molecule has 0 bridgehead atoms. The van der Waals surface area contributed by atoms with Crippen LogP contribution in [-0.4, -0.2) is 30.8 Å². The molecule has 1 rings (SSSR count). The Labute approximate surface area is 102 Å². The van der Waals surface area contributed by atoms with Crippen molar-refractivity contribution < 1.29 is 14.6 Å². The molecule has 1 unspecified atom stereocenters. The first-order valence-electron chi connectivity index (χ1n) is 5.64. The molecule has 0 heterocycles. The number of anilines is 1. The van der Waals surface area contributed by atoms with Crippen LogP contribution >= 0.6 is 0 Å². The lowest BCUT2D eigenvalue weighted by molar-refractivity contribution is 0.0698. The Morgan fingerprint density at radius 1 is 1.53 bits per heavy atom. The lowest BCUT2D eigenvalue weighted by Crippen LogP contribution is -2.19. The van der Waals surface area contributed by atoms with Crippen LogP contribution in [0.15, 0.2) is 18.2 Å². The Morgan fingerprint density at radius 2 is 2.24 bits per heavy atom. The monoisotopic (exact) mass is 237 g/mol. The molecule has 2 N–H and O–H groups in total. The van der Waals surface area contributed by atoms with E-state index in [-0.39, 0.29) is 6.04 Å². The van der Waals surface area contributed by atoms with Crippen LogP contribution in [0.4, 0.5) is 5.69 Å². The average molecular weight is 237 g/mol. The number of carboxylic acids is 1. The summed E-state index contributed by atoms with van der Waals surface area (Å²) in [6.45, 7) is 4.57. The SMILES string of the molecule is COCCC(C)Nc1c(C)cccc1C(=O)O. The Kier molecular flexibility index (Phi) is 4.97. The van der Waals surface area contributed by atoms with E-state index in [2.05, 4.69) is 5.32 Å². The first-order chi connectivity index (χ1) is 8.06. The Balaban J connectivity index is 2.85. The van der Waals surface area contributed by atoms with Gasteiger partial charge in [0.05, 0.1) is 11.3 Å². The molecule has 0 spiro atoms. The summed E-state index contributed by atoms with van der Waals surface area (Å²) in [6, 6.07) is 5.44. The fourth-order valence-corrected chi connectivity index (χ4v) is 1.65. The molecule has 1 aromatic carbocycles. The quantitative estimate of drug-likeness (QED) is 0.798. The third-order valence-corrected chi connectivity index (χ3v) is 2.65. The first-order valence-corrected chi connectivity index (χ1v) is 5.64. The highest BCUT2D eigenvalue weighted by molar-refractivity contribution is 5.95. The molecule has 0 radical (unpaired) electrons. The van der Waals surface area contributed by atoms with Crippen molar-refractivity contribution in [3.8, 4) is 0 Å². The molecule has 17 heavy (non-hydrogen) atoms. The van der Waals surface area contributed by atoms with Crippen molar-refractivity contribution >= 4 is 11.7 Å². The highest BCUT2D eigenvalue weighted by atomic mass is 16.5. The van der Waals surface area contributed by atoms with E-state index in [4.69, 9.17) is 9.84 Å². The van der Waals surface area contributed by atoms with Gasteiger partial charge in [0.15, 0.2) is 0 Å². The summed E-state index contributed by atoms with van der Waals surface area (Å²) in [5.41, 5.74) is 1.95. The van der Waals surface area contributed by atoms with Crippen LogP contribution < -0.4 is 5.32 Å². The minimum Gasteiger partial charge on any atom is -0.478 e. The molecule has 0 fully saturated rings. The lowest BCUT2D eigenvalue weighted by Gasteiger charge is -2.18. The van der Waals surface area contributed by atoms with Gasteiger partial charge in [-0.2, -0.15) is 0 Å². The summed E-state index contributed by atoms with van der Waals surface area (Å²) in [5.74, 6) is -0.907. The van der Waals surface area contributed by atoms with Gasteiger partial charge >= 0.3 is 5.97 Å². The molecule has 4 nitrogen and oxygen atoms in total. The number of rotatable bonds is 6. The predicted octanol–water partition coefficient (Wildman–Crippen LogP) is 2.53. The lowest BCUT2D eigenvalue weighted by atomic mass is 10.1. The van der Waals surface area contributed by atoms with E-state index in [0.29, 0.717) is 17.9 Å². The van der Waals surface area contributed by atoms with E-state index in [1.54, 1.807) is 19.2 Å². The number of carboxylic acid groups (broad SMARTS) is 1. The number of para-hydroxylation sites is 1. The van der Waals surface area contributed by atoms with Crippen molar-refractivity contribution in [2.24, 2.45) is 0 Å². The molecular weight excluding hydrogens is 218 g/mol. The Bertz CT molecular complexity index is 390. The van der Waals surface area contributed by atoms with Crippen molar-refractivity contribution in [2.45, 2.75) is 26.3 Å². The highest BCUT2D eigenvalue weighted by Crippen LogP contribution is 2.21. The number of aromatic carboxylic acids is 1. The van der Waals surface area contributed by atoms with Crippen LogP contribution in [0.1, 0.15) is 29.3 Å². The molecule has 1 atom stereocenters. The minimum atomic E-state index is -0.907. The second-order valence-corrected chi connectivity index (χ2v) is 4.13. The zero-order valence-corrected chi connectivity index (χ0v) is 10.5. The molecule has 94 valence electrons. The van der Waals surface area contributed by atoms with Gasteiger partial charge in [-0.25, -0.2) is 4.79 Å². The molecule has 0 aliphatic rings. The zero-order chi connectivity index (χ0) is 12.8. The van der Waals surface area contributed by atoms with Gasteiger partial charge in [0, 0.05) is 19.8 Å². The van der Waals surface area contributed by atoms with Crippen molar-refractivity contribution in [3.63, 3.8) is 0 Å². The standard InChI is InChI=1S/C13H19NO3/c1-9-5-4-6-11(13(15)16)12(9)14-10(2)7-8-17-3/h4-6,10,14H,7-8H2,1-3H3,(H,15,16). The smallest absolute Gasteiger partial charge is 0.337 e. The van der Waals surface area contributed by atoms with Gasteiger partial charge in [0.2, 0.25) is 0 Å². The number of aryl methyl sites for hydroxylation is 1. The zero-order valence-electron chi connectivity index (χ0n) is 10.5. The summed E-state index contributed by atoms with van der Waals surface area (Å²) in [6.07, 6.45) is 0.837. The van der Waals surface area contributed by atoms with Gasteiger partial charge in [-0.1, -0.05) is 12.1 Å². The van der Waals surface area contributed by atoms with Crippen LogP contribution in [0.2, 0.25) is 0 Å². The summed E-state index contributed by atoms with van der Waals surface area (Å²) in [7, 11) is 1.66. The molecule has 0 amide bonds. The third-order valence-electron chi connectivity index (χ3n) is 2.65. The maximum absolute atomic E-state index is 11.1. The summed E-state index contributed by atoms with van der Waals surface area (Å²) >= 11 is 0. The summed E-state index contributed by atoms with van der Waals surface area (Å²) in [5, 5.41) is 12.3. The van der Waals surface area contributed by atoms with E-state index >= 15 is 0 Å². The van der Waals surface area contributed by atoms with E-state index in [1.807, 2.05) is 19.9 Å². The number of hydrogen-bond donors (Lipinski definition) is 2. The normalized spacial score (nSPS) is 12.2. The fourth-order valence-electron chi connectivity index (χ4n) is 1.65. The van der Waals surface area contributed by atoms with Gasteiger partial charge in [-0.3, -0.25) is 0 Å². The van der Waals surface area contributed by atoms with Crippen molar-refractivity contribution in [3.05, 3.63) is 29.3 Å². The van der Waals surface area contributed by atoms with E-state index in [1.165, 1.54) is 0 Å². The molecule has 0 saturated carbocycles. The number of nitrogens with one attached hydrogen (secondary N) is 1. The van der Waals surface area contributed by atoms with Crippen molar-refractivity contribution in [1.29, 1.82) is 0 Å². The molecule has 0 aliphatic carbocycles. The van der Waals surface area contributed by atoms with Crippen molar-refractivity contribution in [2.75, 3.05) is 19.0 Å². The van der Waals surface area contributed by atoms with E-state index < -0.39 is 5.97 Å². The van der Waals surface area contributed by atoms with Crippen LogP contribution in [0.25, 0.3) is 0 Å². The number of benzene rings is 1. The van der Waals surface area contributed by atoms with Gasteiger partial charge in [-0.15, -0.1) is 0 Å². The largest absolute Gasteiger partial charge is 0.478 e. The van der Waals surface area contributed by atoms with Crippen LogP contribution in [0.5, 0.6) is 0 Å². The van der Waals surface area contributed by atoms with Crippen LogP contribution in [0.3, 0.4) is 0 Å². The maximum atomic E-state index is 11.1. The molecule has 0 aliphatic heterocycles. The predicted molar refractivity (Wildman–Crippen MR) is 67.7 cm³/mol. The average Bonchev–Trinajstić information content (AvgIpc) is 2.28. The van der Waals surface area contributed by atoms with Crippen LogP contribution in [0, 0.1) is 6.92 Å². The summed E-state index contributed by atoms with van der Waals surface area (Å²) < 4.78 is 5.00. The maximum Gasteiger partial charge on any atom is 0.337 e. The third kappa shape index (κ3) is 3.75. The number of ether oxygens (including phenoxy) is 1. The number of carbonyl (C=O) groups is 1. The van der Waals surface area contributed by atoms with Gasteiger partial charge in [-0.05, 0) is 31.9 Å². The fraction of sp³-hybridized carbons (Fsp3) is 0.462. The second kappa shape index (κ2) is 6.25. The molecule has 4 heteroatoms. The van der Waals surface area contributed by atoms with E-state index in [9.17, 15) is 4.79 Å². The summed E-state index contributed by atoms with van der Waals surface area (Å²) in [4.78, 5) is 11.1. The minimum absolute atomic E-state index is 0.175. The van der Waals surface area contributed by atoms with E-state index in [0.717, 1.165) is 12.0 Å². The van der Waals surface area contributed by atoms with Gasteiger partial charge in [0.25, 0.3) is 0 Å². The molecular formula is C13H19NO3.